The molecule has 166 valence electrons. The van der Waals surface area contributed by atoms with E-state index in [9.17, 15) is 14.4 Å². The summed E-state index contributed by atoms with van der Waals surface area (Å²) < 4.78 is 5.94. The SMILES string of the molecule is CCC(=O)O[C@@]1(C(C)=O)CC[C@H]2[C@@H]3CCC4=CC(=O)CC[C@]4(C)[C@@]3(Cl)[C@@H](Cl)C[C@@]21C. The molecule has 4 rings (SSSR count). The number of esters is 1. The van der Waals surface area contributed by atoms with Crippen LogP contribution in [0, 0.1) is 22.7 Å². The summed E-state index contributed by atoms with van der Waals surface area (Å²) in [5, 5.41) is -0.385. The molecule has 0 spiro atoms. The summed E-state index contributed by atoms with van der Waals surface area (Å²) in [5.41, 5.74) is -0.870. The van der Waals surface area contributed by atoms with Crippen LogP contribution in [0.1, 0.15) is 79.1 Å². The van der Waals surface area contributed by atoms with Crippen molar-refractivity contribution in [2.45, 2.75) is 94.9 Å². The van der Waals surface area contributed by atoms with Crippen molar-refractivity contribution in [3.63, 3.8) is 0 Å². The average Bonchev–Trinajstić information content (AvgIpc) is 2.96. The summed E-state index contributed by atoms with van der Waals surface area (Å²) in [6.45, 7) is 7.55. The number of rotatable bonds is 3. The van der Waals surface area contributed by atoms with E-state index in [1.165, 1.54) is 6.92 Å². The molecule has 4 aliphatic carbocycles. The highest BCUT2D eigenvalue weighted by atomic mass is 35.5. The molecule has 0 saturated heterocycles. The zero-order chi connectivity index (χ0) is 22.1. The first kappa shape index (κ1) is 22.3. The van der Waals surface area contributed by atoms with Crippen LogP contribution in [0.5, 0.6) is 0 Å². The van der Waals surface area contributed by atoms with E-state index in [2.05, 4.69) is 13.8 Å². The summed E-state index contributed by atoms with van der Waals surface area (Å²) in [7, 11) is 0. The van der Waals surface area contributed by atoms with Gasteiger partial charge in [0, 0.05) is 23.7 Å². The predicted molar refractivity (Wildman–Crippen MR) is 117 cm³/mol. The van der Waals surface area contributed by atoms with Gasteiger partial charge in [0.2, 0.25) is 0 Å². The Kier molecular flexibility index (Phi) is 5.26. The second-order valence-corrected chi connectivity index (χ2v) is 11.5. The first-order chi connectivity index (χ1) is 14.0. The van der Waals surface area contributed by atoms with E-state index >= 15 is 0 Å². The maximum atomic E-state index is 13.0. The standard InChI is InChI=1S/C24H32Cl2O4/c1-5-20(29)30-23(14(2)27)11-9-17-18-7-6-15-12-16(28)8-10-21(15,3)24(18,26)19(25)13-22(17,23)4/h12,17-19H,5-11,13H2,1-4H3/t17-,18-,19-,21-,22-,23+,24-/m0/s1. The van der Waals surface area contributed by atoms with Gasteiger partial charge in [-0.2, -0.15) is 0 Å². The van der Waals surface area contributed by atoms with Crippen LogP contribution in [0.2, 0.25) is 0 Å². The third kappa shape index (κ3) is 2.62. The van der Waals surface area contributed by atoms with Crippen LogP contribution in [0.25, 0.3) is 0 Å². The van der Waals surface area contributed by atoms with Crippen LogP contribution < -0.4 is 0 Å². The number of Topliss-reactive ketones (excluding diaryl/α,β-unsaturated/α-hetero) is 1. The lowest BCUT2D eigenvalue weighted by molar-refractivity contribution is -0.187. The summed E-state index contributed by atoms with van der Waals surface area (Å²) in [4.78, 5) is 36.7. The van der Waals surface area contributed by atoms with E-state index in [4.69, 9.17) is 27.9 Å². The zero-order valence-corrected chi connectivity index (χ0v) is 19.9. The highest BCUT2D eigenvalue weighted by molar-refractivity contribution is 6.33. The molecule has 0 amide bonds. The maximum absolute atomic E-state index is 13.0. The highest BCUT2D eigenvalue weighted by Gasteiger charge is 2.74. The number of carbonyl (C=O) groups is 3. The van der Waals surface area contributed by atoms with Gasteiger partial charge >= 0.3 is 5.97 Å². The van der Waals surface area contributed by atoms with E-state index in [0.29, 0.717) is 25.7 Å². The Morgan fingerprint density at radius 2 is 1.87 bits per heavy atom. The lowest BCUT2D eigenvalue weighted by atomic mass is 9.45. The first-order valence-electron chi connectivity index (χ1n) is 11.3. The van der Waals surface area contributed by atoms with Crippen molar-refractivity contribution < 1.29 is 19.1 Å². The van der Waals surface area contributed by atoms with Crippen molar-refractivity contribution >= 4 is 40.7 Å². The Hall–Kier alpha value is -0.870. The zero-order valence-electron chi connectivity index (χ0n) is 18.4. The number of halogens is 2. The third-order valence-electron chi connectivity index (χ3n) is 9.26. The van der Waals surface area contributed by atoms with Gasteiger partial charge in [0.25, 0.3) is 0 Å². The fraction of sp³-hybridized carbons (Fsp3) is 0.792. The fourth-order valence-corrected chi connectivity index (χ4v) is 8.85. The predicted octanol–water partition coefficient (Wildman–Crippen LogP) is 5.38. The largest absolute Gasteiger partial charge is 0.450 e. The van der Waals surface area contributed by atoms with Gasteiger partial charge in [0.05, 0.1) is 10.3 Å². The molecule has 7 atom stereocenters. The van der Waals surface area contributed by atoms with Crippen molar-refractivity contribution in [1.29, 1.82) is 0 Å². The van der Waals surface area contributed by atoms with Crippen LogP contribution in [0.4, 0.5) is 0 Å². The number of fused-ring (bicyclic) bond motifs is 5. The fourth-order valence-electron chi connectivity index (χ4n) is 7.58. The number of ketones is 2. The minimum absolute atomic E-state index is 0.0916. The van der Waals surface area contributed by atoms with Gasteiger partial charge in [0.1, 0.15) is 0 Å². The topological polar surface area (TPSA) is 60.4 Å². The monoisotopic (exact) mass is 454 g/mol. The second kappa shape index (κ2) is 7.07. The Bertz CT molecular complexity index is 837. The van der Waals surface area contributed by atoms with Gasteiger partial charge in [-0.1, -0.05) is 26.3 Å². The van der Waals surface area contributed by atoms with Crippen molar-refractivity contribution in [3.8, 4) is 0 Å². The molecule has 0 N–H and O–H groups in total. The number of hydrogen-bond acceptors (Lipinski definition) is 4. The molecule has 0 aromatic carbocycles. The van der Waals surface area contributed by atoms with Gasteiger partial charge in [0.15, 0.2) is 17.2 Å². The summed E-state index contributed by atoms with van der Waals surface area (Å²) in [5.74, 6) is 0.00131. The van der Waals surface area contributed by atoms with E-state index in [-0.39, 0.29) is 46.6 Å². The van der Waals surface area contributed by atoms with Crippen LogP contribution in [-0.2, 0) is 19.1 Å². The third-order valence-corrected chi connectivity index (χ3v) is 10.8. The van der Waals surface area contributed by atoms with Gasteiger partial charge in [-0.3, -0.25) is 14.4 Å². The number of alkyl halides is 2. The molecule has 0 aliphatic heterocycles. The molecule has 0 aromatic rings. The molecule has 30 heavy (non-hydrogen) atoms. The second-order valence-electron chi connectivity index (χ2n) is 10.3. The van der Waals surface area contributed by atoms with E-state index < -0.39 is 15.9 Å². The average molecular weight is 455 g/mol. The van der Waals surface area contributed by atoms with Crippen molar-refractivity contribution in [2.75, 3.05) is 0 Å². The van der Waals surface area contributed by atoms with Crippen LogP contribution >= 0.6 is 23.2 Å². The Morgan fingerprint density at radius 3 is 2.50 bits per heavy atom. The summed E-state index contributed by atoms with van der Waals surface area (Å²) >= 11 is 14.7. The Balaban J connectivity index is 1.79. The maximum Gasteiger partial charge on any atom is 0.306 e. The number of hydrogen-bond donors (Lipinski definition) is 0. The first-order valence-corrected chi connectivity index (χ1v) is 12.1. The number of ether oxygens (including phenoxy) is 1. The molecule has 4 nitrogen and oxygen atoms in total. The lowest BCUT2D eigenvalue weighted by Gasteiger charge is -2.65. The lowest BCUT2D eigenvalue weighted by Crippen LogP contribution is -2.68. The highest BCUT2D eigenvalue weighted by Crippen LogP contribution is 2.72. The van der Waals surface area contributed by atoms with Crippen LogP contribution in [-0.4, -0.2) is 33.4 Å². The molecule has 3 fully saturated rings. The van der Waals surface area contributed by atoms with E-state index in [1.54, 1.807) is 13.0 Å². The molecule has 4 aliphatic rings. The molecule has 0 heterocycles. The van der Waals surface area contributed by atoms with Crippen LogP contribution in [0.15, 0.2) is 11.6 Å². The molecule has 3 saturated carbocycles. The molecule has 0 radical (unpaired) electrons. The normalized spacial score (nSPS) is 47.6. The van der Waals surface area contributed by atoms with Crippen molar-refractivity contribution in [1.82, 2.24) is 0 Å². The molecule has 0 unspecified atom stereocenters. The van der Waals surface area contributed by atoms with Crippen LogP contribution in [0.3, 0.4) is 0 Å². The molecule has 0 bridgehead atoms. The van der Waals surface area contributed by atoms with Gasteiger partial charge in [-0.05, 0) is 63.4 Å². The van der Waals surface area contributed by atoms with E-state index in [0.717, 1.165) is 24.8 Å². The molecule has 6 heteroatoms. The van der Waals surface area contributed by atoms with Crippen molar-refractivity contribution in [2.24, 2.45) is 22.7 Å². The minimum Gasteiger partial charge on any atom is -0.450 e. The Labute approximate surface area is 189 Å². The molecular weight excluding hydrogens is 423 g/mol. The van der Waals surface area contributed by atoms with Gasteiger partial charge in [-0.25, -0.2) is 0 Å². The number of carbonyl (C=O) groups excluding carboxylic acids is 3. The summed E-state index contributed by atoms with van der Waals surface area (Å²) in [6.07, 6.45) is 6.78. The van der Waals surface area contributed by atoms with Gasteiger partial charge in [-0.15, -0.1) is 23.2 Å². The smallest absolute Gasteiger partial charge is 0.306 e. The van der Waals surface area contributed by atoms with Crippen molar-refractivity contribution in [3.05, 3.63) is 11.6 Å². The van der Waals surface area contributed by atoms with Gasteiger partial charge < -0.3 is 4.74 Å². The molecular formula is C24H32Cl2O4. The quantitative estimate of drug-likeness (QED) is 0.424. The Morgan fingerprint density at radius 1 is 1.17 bits per heavy atom. The number of allylic oxidation sites excluding steroid dienone is 1. The van der Waals surface area contributed by atoms with E-state index in [1.807, 2.05) is 0 Å². The molecule has 0 aromatic heterocycles. The summed E-state index contributed by atoms with van der Waals surface area (Å²) in [6, 6.07) is 0. The minimum atomic E-state index is -1.13.